The van der Waals surface area contributed by atoms with Crippen molar-refractivity contribution in [3.8, 4) is 0 Å². The Morgan fingerprint density at radius 2 is 2.00 bits per heavy atom. The van der Waals surface area contributed by atoms with Crippen LogP contribution in [0.1, 0.15) is 18.4 Å². The van der Waals surface area contributed by atoms with E-state index < -0.39 is 0 Å². The molecule has 17 heavy (non-hydrogen) atoms. The second-order valence-electron chi connectivity index (χ2n) is 3.74. The van der Waals surface area contributed by atoms with Crippen molar-refractivity contribution in [3.63, 3.8) is 0 Å². The fourth-order valence-corrected chi connectivity index (χ4v) is 1.88. The first-order valence-corrected chi connectivity index (χ1v) is 5.73. The van der Waals surface area contributed by atoms with Gasteiger partial charge in [-0.1, -0.05) is 11.6 Å². The van der Waals surface area contributed by atoms with Gasteiger partial charge in [0.2, 0.25) is 0 Å². The zero-order valence-electron chi connectivity index (χ0n) is 9.72. The molecule has 0 saturated carbocycles. The molecule has 2 rings (SSSR count). The first-order chi connectivity index (χ1) is 8.10. The molecule has 0 fully saturated rings. The van der Waals surface area contributed by atoms with E-state index >= 15 is 0 Å². The van der Waals surface area contributed by atoms with Crippen molar-refractivity contribution in [2.75, 3.05) is 0 Å². The predicted octanol–water partition coefficient (Wildman–Crippen LogP) is 1.47. The maximum Gasteiger partial charge on any atom is 0.328 e. The fraction of sp³-hybridized carbons (Fsp3) is 0.364. The first kappa shape index (κ1) is 11.9. The highest BCUT2D eigenvalue weighted by molar-refractivity contribution is 6.29. The van der Waals surface area contributed by atoms with Crippen LogP contribution in [0.2, 0.25) is 5.15 Å². The normalized spacial score (nSPS) is 10.8. The van der Waals surface area contributed by atoms with E-state index in [1.165, 1.54) is 0 Å². The van der Waals surface area contributed by atoms with Gasteiger partial charge in [-0.2, -0.15) is 0 Å². The number of rotatable bonds is 3. The zero-order valence-corrected chi connectivity index (χ0v) is 10.5. The second kappa shape index (κ2) is 4.71. The van der Waals surface area contributed by atoms with Gasteiger partial charge in [0.15, 0.2) is 0 Å². The largest absolute Gasteiger partial charge is 0.328 e. The van der Waals surface area contributed by atoms with Crippen molar-refractivity contribution in [2.24, 2.45) is 0 Å². The van der Waals surface area contributed by atoms with E-state index in [0.29, 0.717) is 24.1 Å². The van der Waals surface area contributed by atoms with Crippen LogP contribution in [0.4, 0.5) is 0 Å². The molecule has 0 N–H and O–H groups in total. The van der Waals surface area contributed by atoms with Crippen molar-refractivity contribution in [1.29, 1.82) is 0 Å². The maximum absolute atomic E-state index is 11.8. The highest BCUT2D eigenvalue weighted by Crippen LogP contribution is 2.06. The summed E-state index contributed by atoms with van der Waals surface area (Å²) in [7, 11) is 0. The van der Waals surface area contributed by atoms with E-state index in [0.717, 1.165) is 5.69 Å². The minimum Gasteiger partial charge on any atom is -0.300 e. The molecule has 0 aromatic carbocycles. The number of aryl methyl sites for hydroxylation is 2. The van der Waals surface area contributed by atoms with Crippen molar-refractivity contribution in [2.45, 2.75) is 26.9 Å². The van der Waals surface area contributed by atoms with E-state index in [1.807, 2.05) is 13.8 Å². The Morgan fingerprint density at radius 3 is 2.59 bits per heavy atom. The third-order valence-corrected chi connectivity index (χ3v) is 2.63. The van der Waals surface area contributed by atoms with Gasteiger partial charge in [-0.15, -0.1) is 0 Å². The topological polar surface area (TPSA) is 52.7 Å². The molecular formula is C11H13ClN4O. The second-order valence-corrected chi connectivity index (χ2v) is 4.13. The average Bonchev–Trinajstić information content (AvgIpc) is 2.58. The minimum absolute atomic E-state index is 0.0614. The van der Waals surface area contributed by atoms with Crippen molar-refractivity contribution >= 4 is 11.6 Å². The molecule has 0 saturated heterocycles. The fourth-order valence-electron chi connectivity index (χ4n) is 1.63. The van der Waals surface area contributed by atoms with Crippen molar-refractivity contribution in [1.82, 2.24) is 19.1 Å². The van der Waals surface area contributed by atoms with Crippen LogP contribution in [0.15, 0.2) is 23.3 Å². The van der Waals surface area contributed by atoms with Gasteiger partial charge in [-0.3, -0.25) is 9.13 Å². The number of imidazole rings is 1. The molecule has 0 radical (unpaired) electrons. The number of hydrogen-bond donors (Lipinski definition) is 0. The molecule has 0 aliphatic carbocycles. The van der Waals surface area contributed by atoms with Gasteiger partial charge >= 0.3 is 5.69 Å². The summed E-state index contributed by atoms with van der Waals surface area (Å²) >= 11 is 5.84. The predicted molar refractivity (Wildman–Crippen MR) is 65.2 cm³/mol. The Balaban J connectivity index is 2.31. The van der Waals surface area contributed by atoms with Crippen LogP contribution in [0, 0.1) is 6.92 Å². The Labute approximate surface area is 104 Å². The van der Waals surface area contributed by atoms with E-state index in [9.17, 15) is 4.79 Å². The van der Waals surface area contributed by atoms with E-state index in [2.05, 4.69) is 9.97 Å². The zero-order chi connectivity index (χ0) is 12.4. The molecule has 0 unspecified atom stereocenters. The lowest BCUT2D eigenvalue weighted by molar-refractivity contribution is 0.651. The van der Waals surface area contributed by atoms with Gasteiger partial charge in [0, 0.05) is 24.6 Å². The van der Waals surface area contributed by atoms with Crippen LogP contribution in [0.3, 0.4) is 0 Å². The number of aromatic nitrogens is 4. The molecule has 0 amide bonds. The molecular weight excluding hydrogens is 240 g/mol. The molecule has 5 nitrogen and oxygen atoms in total. The Kier molecular flexibility index (Phi) is 3.28. The number of halogens is 1. The minimum atomic E-state index is -0.0614. The van der Waals surface area contributed by atoms with Crippen molar-refractivity contribution in [3.05, 3.63) is 45.6 Å². The van der Waals surface area contributed by atoms with E-state index in [1.54, 1.807) is 27.6 Å². The molecule has 0 aliphatic rings. The molecule has 0 atom stereocenters. The quantitative estimate of drug-likeness (QED) is 0.778. The summed E-state index contributed by atoms with van der Waals surface area (Å²) in [6.07, 6.45) is 3.48. The molecule has 0 aliphatic heterocycles. The first-order valence-electron chi connectivity index (χ1n) is 5.35. The lowest BCUT2D eigenvalue weighted by Crippen LogP contribution is -2.24. The van der Waals surface area contributed by atoms with E-state index in [-0.39, 0.29) is 5.69 Å². The van der Waals surface area contributed by atoms with Crippen LogP contribution >= 0.6 is 11.6 Å². The Bertz CT molecular complexity index is 567. The SMILES string of the molecule is CCn1ccn(Cc2nc(C)cc(Cl)n2)c1=O. The van der Waals surface area contributed by atoms with Crippen LogP contribution in [-0.2, 0) is 13.1 Å². The molecule has 0 bridgehead atoms. The van der Waals surface area contributed by atoms with Gasteiger partial charge in [-0.25, -0.2) is 14.8 Å². The summed E-state index contributed by atoms with van der Waals surface area (Å²) in [6, 6.07) is 1.69. The van der Waals surface area contributed by atoms with Crippen LogP contribution in [0.5, 0.6) is 0 Å². The standard InChI is InChI=1S/C11H13ClN4O/c1-3-15-4-5-16(11(15)17)7-10-13-8(2)6-9(12)14-10/h4-6H,3,7H2,1-2H3. The van der Waals surface area contributed by atoms with Crippen LogP contribution in [-0.4, -0.2) is 19.1 Å². The number of nitrogens with zero attached hydrogens (tertiary/aromatic N) is 4. The Morgan fingerprint density at radius 1 is 1.29 bits per heavy atom. The van der Waals surface area contributed by atoms with Crippen molar-refractivity contribution < 1.29 is 0 Å². The lowest BCUT2D eigenvalue weighted by atomic mass is 10.4. The average molecular weight is 253 g/mol. The highest BCUT2D eigenvalue weighted by atomic mass is 35.5. The van der Waals surface area contributed by atoms with Gasteiger partial charge in [0.1, 0.15) is 11.0 Å². The summed E-state index contributed by atoms with van der Waals surface area (Å²) in [5.74, 6) is 0.547. The summed E-state index contributed by atoms with van der Waals surface area (Å²) in [5, 5.41) is 0.399. The summed E-state index contributed by atoms with van der Waals surface area (Å²) in [4.78, 5) is 20.1. The summed E-state index contributed by atoms with van der Waals surface area (Å²) < 4.78 is 3.19. The summed E-state index contributed by atoms with van der Waals surface area (Å²) in [6.45, 7) is 4.76. The third-order valence-electron chi connectivity index (χ3n) is 2.44. The van der Waals surface area contributed by atoms with Gasteiger partial charge in [0.05, 0.1) is 6.54 Å². The molecule has 2 heterocycles. The van der Waals surface area contributed by atoms with Crippen LogP contribution < -0.4 is 5.69 Å². The molecule has 0 spiro atoms. The van der Waals surface area contributed by atoms with Gasteiger partial charge in [0.25, 0.3) is 0 Å². The lowest BCUT2D eigenvalue weighted by Gasteiger charge is -2.02. The monoisotopic (exact) mass is 252 g/mol. The number of hydrogen-bond acceptors (Lipinski definition) is 3. The third kappa shape index (κ3) is 2.55. The summed E-state index contributed by atoms with van der Waals surface area (Å²) in [5.41, 5.74) is 0.733. The Hall–Kier alpha value is -1.62. The molecule has 6 heteroatoms. The van der Waals surface area contributed by atoms with Gasteiger partial charge in [-0.05, 0) is 19.9 Å². The van der Waals surface area contributed by atoms with Gasteiger partial charge < -0.3 is 0 Å². The highest BCUT2D eigenvalue weighted by Gasteiger charge is 2.05. The molecule has 2 aromatic rings. The van der Waals surface area contributed by atoms with E-state index in [4.69, 9.17) is 11.6 Å². The smallest absolute Gasteiger partial charge is 0.300 e. The van der Waals surface area contributed by atoms with Crippen LogP contribution in [0.25, 0.3) is 0 Å². The molecule has 90 valence electrons. The maximum atomic E-state index is 11.8. The molecule has 2 aromatic heterocycles.